The summed E-state index contributed by atoms with van der Waals surface area (Å²) in [5.41, 5.74) is 0.341. The van der Waals surface area contributed by atoms with E-state index in [0.717, 1.165) is 31.4 Å². The first kappa shape index (κ1) is 16.4. The highest BCUT2D eigenvalue weighted by atomic mass is 127. The third kappa shape index (κ3) is 3.83. The highest BCUT2D eigenvalue weighted by Gasteiger charge is 2.40. The van der Waals surface area contributed by atoms with Gasteiger partial charge in [-0.05, 0) is 37.1 Å². The smallest absolute Gasteiger partial charge is 0.229 e. The molecule has 21 heavy (non-hydrogen) atoms. The van der Waals surface area contributed by atoms with E-state index in [0.29, 0.717) is 12.2 Å². The van der Waals surface area contributed by atoms with Gasteiger partial charge in [-0.3, -0.25) is 9.59 Å². The molecular weight excluding hydrogens is 381 g/mol. The molecule has 1 aromatic carbocycles. The number of rotatable bonds is 6. The Bertz CT molecular complexity index is 528. The van der Waals surface area contributed by atoms with Crippen LogP contribution in [0.1, 0.15) is 38.2 Å². The van der Waals surface area contributed by atoms with Crippen molar-refractivity contribution in [2.75, 3.05) is 13.2 Å². The minimum absolute atomic E-state index is 0.0478. The molecule has 1 N–H and O–H groups in total. The molecule has 0 amide bonds. The van der Waals surface area contributed by atoms with E-state index in [-0.39, 0.29) is 16.2 Å². The maximum atomic E-state index is 12.5. The number of ether oxygens (including phenoxy) is 1. The van der Waals surface area contributed by atoms with E-state index in [1.165, 1.54) is 0 Å². The fourth-order valence-corrected chi connectivity index (χ4v) is 3.07. The van der Waals surface area contributed by atoms with Crippen molar-refractivity contribution < 1.29 is 14.3 Å². The van der Waals surface area contributed by atoms with Gasteiger partial charge in [0.15, 0.2) is 12.4 Å². The number of ketones is 1. The summed E-state index contributed by atoms with van der Waals surface area (Å²) in [6, 6.07) is 7.54. The average Bonchev–Trinajstić information content (AvgIpc) is 2.48. The first-order chi connectivity index (χ1) is 10.1. The van der Waals surface area contributed by atoms with Gasteiger partial charge in [-0.25, -0.2) is 0 Å². The highest BCUT2D eigenvalue weighted by Crippen LogP contribution is 2.35. The van der Waals surface area contributed by atoms with Crippen LogP contribution in [0.15, 0.2) is 24.3 Å². The number of carbonyl (C=O) groups excluding carboxylic acids is 2. The monoisotopic (exact) mass is 401 g/mol. The predicted molar refractivity (Wildman–Crippen MR) is 89.8 cm³/mol. The molecule has 4 nitrogen and oxygen atoms in total. The SMILES string of the molecule is CCNC1(c2cccc(OCC(=O)I)c2)CCCCC1=O. The Hall–Kier alpha value is -0.950. The Morgan fingerprint density at radius 3 is 2.90 bits per heavy atom. The number of halogens is 1. The summed E-state index contributed by atoms with van der Waals surface area (Å²) in [5.74, 6) is 0.880. The third-order valence-corrected chi connectivity index (χ3v) is 4.15. The Morgan fingerprint density at radius 1 is 1.43 bits per heavy atom. The zero-order chi connectivity index (χ0) is 15.3. The quantitative estimate of drug-likeness (QED) is 0.589. The van der Waals surface area contributed by atoms with Crippen LogP contribution in [-0.2, 0) is 15.1 Å². The van der Waals surface area contributed by atoms with Crippen LogP contribution in [0.5, 0.6) is 5.75 Å². The van der Waals surface area contributed by atoms with Gasteiger partial charge in [0.05, 0.1) is 0 Å². The normalized spacial score (nSPS) is 22.1. The molecule has 1 aliphatic carbocycles. The maximum absolute atomic E-state index is 12.5. The van der Waals surface area contributed by atoms with E-state index < -0.39 is 5.54 Å². The van der Waals surface area contributed by atoms with Crippen molar-refractivity contribution in [1.82, 2.24) is 5.32 Å². The van der Waals surface area contributed by atoms with E-state index in [9.17, 15) is 9.59 Å². The second-order valence-electron chi connectivity index (χ2n) is 5.24. The molecule has 0 aromatic heterocycles. The molecule has 114 valence electrons. The van der Waals surface area contributed by atoms with Crippen molar-refractivity contribution >= 4 is 32.2 Å². The Labute approximate surface area is 138 Å². The molecule has 0 saturated heterocycles. The molecule has 1 saturated carbocycles. The predicted octanol–water partition coefficient (Wildman–Crippen LogP) is 2.97. The largest absolute Gasteiger partial charge is 0.485 e. The topological polar surface area (TPSA) is 55.4 Å². The molecule has 0 heterocycles. The summed E-state index contributed by atoms with van der Waals surface area (Å²) in [4.78, 5) is 23.5. The number of carbonyl (C=O) groups is 2. The lowest BCUT2D eigenvalue weighted by Gasteiger charge is -2.37. The zero-order valence-corrected chi connectivity index (χ0v) is 14.3. The fourth-order valence-electron chi connectivity index (χ4n) is 2.92. The fraction of sp³-hybridized carbons (Fsp3) is 0.500. The van der Waals surface area contributed by atoms with Gasteiger partial charge >= 0.3 is 0 Å². The second kappa shape index (κ2) is 7.35. The van der Waals surface area contributed by atoms with Crippen molar-refractivity contribution in [2.45, 2.75) is 38.1 Å². The molecular formula is C16H20INO3. The number of Topliss-reactive ketones (excluding diaryl/α,β-unsaturated/α-hetero) is 1. The van der Waals surface area contributed by atoms with Gasteiger partial charge in [-0.1, -0.05) is 25.5 Å². The molecule has 1 aliphatic rings. The molecule has 0 radical (unpaired) electrons. The van der Waals surface area contributed by atoms with Crippen molar-refractivity contribution in [3.05, 3.63) is 29.8 Å². The molecule has 1 unspecified atom stereocenters. The van der Waals surface area contributed by atoms with Crippen LogP contribution in [0.3, 0.4) is 0 Å². The van der Waals surface area contributed by atoms with Crippen LogP contribution < -0.4 is 10.1 Å². The van der Waals surface area contributed by atoms with Gasteiger partial charge in [-0.15, -0.1) is 0 Å². The number of nitrogens with one attached hydrogen (secondary N) is 1. The number of hydrogen-bond acceptors (Lipinski definition) is 4. The lowest BCUT2D eigenvalue weighted by atomic mass is 9.75. The summed E-state index contributed by atoms with van der Waals surface area (Å²) in [7, 11) is 0. The van der Waals surface area contributed by atoms with Crippen LogP contribution in [0, 0.1) is 0 Å². The third-order valence-electron chi connectivity index (χ3n) is 3.84. The lowest BCUT2D eigenvalue weighted by Crippen LogP contribution is -2.50. The van der Waals surface area contributed by atoms with Crippen molar-refractivity contribution in [1.29, 1.82) is 0 Å². The number of hydrogen-bond donors (Lipinski definition) is 1. The summed E-state index contributed by atoms with van der Waals surface area (Å²) in [6.07, 6.45) is 3.43. The van der Waals surface area contributed by atoms with E-state index in [2.05, 4.69) is 5.32 Å². The van der Waals surface area contributed by atoms with E-state index >= 15 is 0 Å². The minimum Gasteiger partial charge on any atom is -0.485 e. The number of benzene rings is 1. The maximum Gasteiger partial charge on any atom is 0.229 e. The molecule has 1 fully saturated rings. The Balaban J connectivity index is 2.29. The van der Waals surface area contributed by atoms with Gasteiger partial charge in [0, 0.05) is 29.0 Å². The van der Waals surface area contributed by atoms with Crippen molar-refractivity contribution in [2.24, 2.45) is 0 Å². The molecule has 2 rings (SSSR count). The van der Waals surface area contributed by atoms with Crippen LogP contribution in [0.25, 0.3) is 0 Å². The second-order valence-corrected chi connectivity index (χ2v) is 6.44. The lowest BCUT2D eigenvalue weighted by molar-refractivity contribution is -0.128. The average molecular weight is 401 g/mol. The standard InChI is InChI=1S/C16H20INO3/c1-2-18-16(9-4-3-8-14(16)19)12-6-5-7-13(10-12)21-11-15(17)20/h5-7,10,18H,2-4,8-9,11H2,1H3. The van der Waals surface area contributed by atoms with Gasteiger partial charge in [0.1, 0.15) is 11.3 Å². The van der Waals surface area contributed by atoms with Crippen LogP contribution >= 0.6 is 22.6 Å². The highest BCUT2D eigenvalue weighted by molar-refractivity contribution is 14.1. The van der Waals surface area contributed by atoms with Crippen LogP contribution in [0.4, 0.5) is 0 Å². The van der Waals surface area contributed by atoms with Crippen molar-refractivity contribution in [3.8, 4) is 5.75 Å². The zero-order valence-electron chi connectivity index (χ0n) is 12.2. The molecule has 0 aliphatic heterocycles. The summed E-state index contributed by atoms with van der Waals surface area (Å²) in [5, 5.41) is 3.38. The van der Waals surface area contributed by atoms with Gasteiger partial charge in [0.25, 0.3) is 0 Å². The van der Waals surface area contributed by atoms with Gasteiger partial charge < -0.3 is 10.1 Å². The first-order valence-corrected chi connectivity index (χ1v) is 8.36. The molecule has 0 spiro atoms. The van der Waals surface area contributed by atoms with E-state index in [4.69, 9.17) is 4.74 Å². The van der Waals surface area contributed by atoms with Gasteiger partial charge in [0.2, 0.25) is 3.79 Å². The molecule has 1 aromatic rings. The first-order valence-electron chi connectivity index (χ1n) is 7.28. The number of likely N-dealkylation sites (N-methyl/N-ethyl adjacent to an activating group) is 1. The minimum atomic E-state index is -0.597. The summed E-state index contributed by atoms with van der Waals surface area (Å²) < 4.78 is 5.41. The van der Waals surface area contributed by atoms with Gasteiger partial charge in [-0.2, -0.15) is 0 Å². The van der Waals surface area contributed by atoms with Crippen LogP contribution in [-0.4, -0.2) is 22.7 Å². The van der Waals surface area contributed by atoms with Crippen molar-refractivity contribution in [3.63, 3.8) is 0 Å². The van der Waals surface area contributed by atoms with Crippen LogP contribution in [0.2, 0.25) is 0 Å². The summed E-state index contributed by atoms with van der Waals surface area (Å²) >= 11 is 1.71. The van der Waals surface area contributed by atoms with E-state index in [1.54, 1.807) is 22.6 Å². The molecule has 5 heteroatoms. The molecule has 1 atom stereocenters. The summed E-state index contributed by atoms with van der Waals surface area (Å²) in [6.45, 7) is 2.80. The Morgan fingerprint density at radius 2 is 2.24 bits per heavy atom. The van der Waals surface area contributed by atoms with E-state index in [1.807, 2.05) is 31.2 Å². The Kier molecular flexibility index (Phi) is 5.75. The molecule has 0 bridgehead atoms.